The Kier molecular flexibility index (Phi) is 5.71. The molecule has 0 spiro atoms. The molecule has 27 heavy (non-hydrogen) atoms. The Labute approximate surface area is 158 Å². The minimum atomic E-state index is -0.237. The highest BCUT2D eigenvalue weighted by Crippen LogP contribution is 2.27. The number of hydrogen-bond donors (Lipinski definition) is 1. The van der Waals surface area contributed by atoms with Crippen LogP contribution in [0.25, 0.3) is 10.8 Å². The molecule has 5 nitrogen and oxygen atoms in total. The van der Waals surface area contributed by atoms with Crippen LogP contribution >= 0.6 is 0 Å². The predicted molar refractivity (Wildman–Crippen MR) is 108 cm³/mol. The van der Waals surface area contributed by atoms with Crippen LogP contribution in [0.1, 0.15) is 28.4 Å². The van der Waals surface area contributed by atoms with Crippen molar-refractivity contribution in [1.29, 1.82) is 0 Å². The minimum absolute atomic E-state index is 0.237. The number of hydrazone groups is 1. The van der Waals surface area contributed by atoms with Crippen molar-refractivity contribution in [3.05, 3.63) is 71.3 Å². The third-order valence-electron chi connectivity index (χ3n) is 4.23. The second-order valence-corrected chi connectivity index (χ2v) is 6.02. The molecule has 5 heteroatoms. The number of aryl methyl sites for hydroxylation is 1. The zero-order valence-corrected chi connectivity index (χ0v) is 15.7. The lowest BCUT2D eigenvalue weighted by Crippen LogP contribution is -2.19. The van der Waals surface area contributed by atoms with Crippen molar-refractivity contribution < 1.29 is 14.3 Å². The fraction of sp³-hybridized carbons (Fsp3) is 0.182. The molecule has 0 aliphatic rings. The second-order valence-electron chi connectivity index (χ2n) is 6.02. The van der Waals surface area contributed by atoms with Gasteiger partial charge in [-0.3, -0.25) is 4.79 Å². The summed E-state index contributed by atoms with van der Waals surface area (Å²) in [5.41, 5.74) is 4.96. The first-order valence-corrected chi connectivity index (χ1v) is 8.76. The maximum Gasteiger partial charge on any atom is 0.272 e. The monoisotopic (exact) mass is 362 g/mol. The van der Waals surface area contributed by atoms with E-state index in [1.807, 2.05) is 68.4 Å². The number of nitrogens with one attached hydrogen (secondary N) is 1. The summed E-state index contributed by atoms with van der Waals surface area (Å²) in [6.07, 6.45) is 1.58. The number of benzene rings is 3. The summed E-state index contributed by atoms with van der Waals surface area (Å²) in [6, 6.07) is 17.2. The molecule has 0 aromatic heterocycles. The topological polar surface area (TPSA) is 59.9 Å². The first kappa shape index (κ1) is 18.5. The standard InChI is InChI=1S/C22H22N2O3/c1-4-27-20-13-16(10-12-19(20)26-3)14-23-24-22(25)21-15(2)9-11-17-7-5-6-8-18(17)21/h5-14H,4H2,1-3H3,(H,24,25)/b23-14-. The smallest absolute Gasteiger partial charge is 0.272 e. The van der Waals surface area contributed by atoms with Crippen LogP contribution in [-0.2, 0) is 0 Å². The molecule has 0 fully saturated rings. The minimum Gasteiger partial charge on any atom is -0.493 e. The Bertz CT molecular complexity index is 996. The van der Waals surface area contributed by atoms with Gasteiger partial charge >= 0.3 is 0 Å². The van der Waals surface area contributed by atoms with Gasteiger partial charge in [-0.15, -0.1) is 0 Å². The molecule has 3 aromatic rings. The lowest BCUT2D eigenvalue weighted by molar-refractivity contribution is 0.0956. The van der Waals surface area contributed by atoms with Gasteiger partial charge in [0.05, 0.1) is 25.5 Å². The van der Waals surface area contributed by atoms with E-state index in [-0.39, 0.29) is 5.91 Å². The van der Waals surface area contributed by atoms with Gasteiger partial charge < -0.3 is 9.47 Å². The Morgan fingerprint density at radius 1 is 1.11 bits per heavy atom. The van der Waals surface area contributed by atoms with Crippen LogP contribution in [0.4, 0.5) is 0 Å². The Hall–Kier alpha value is -3.34. The predicted octanol–water partition coefficient (Wildman–Crippen LogP) is 4.32. The van der Waals surface area contributed by atoms with E-state index in [1.165, 1.54) is 0 Å². The van der Waals surface area contributed by atoms with Crippen molar-refractivity contribution in [1.82, 2.24) is 5.43 Å². The van der Waals surface area contributed by atoms with Gasteiger partial charge in [0.25, 0.3) is 5.91 Å². The summed E-state index contributed by atoms with van der Waals surface area (Å²) in [5.74, 6) is 1.06. The fourth-order valence-electron chi connectivity index (χ4n) is 2.95. The highest BCUT2D eigenvalue weighted by molar-refractivity contribution is 6.08. The number of carbonyl (C=O) groups is 1. The van der Waals surface area contributed by atoms with Gasteiger partial charge in [0.2, 0.25) is 0 Å². The number of methoxy groups -OCH3 is 1. The van der Waals surface area contributed by atoms with Crippen LogP contribution in [0.3, 0.4) is 0 Å². The van der Waals surface area contributed by atoms with Crippen LogP contribution in [0, 0.1) is 6.92 Å². The molecule has 0 radical (unpaired) electrons. The number of hydrogen-bond acceptors (Lipinski definition) is 4. The van der Waals surface area contributed by atoms with Crippen molar-refractivity contribution in [3.8, 4) is 11.5 Å². The molecule has 0 heterocycles. The first-order chi connectivity index (χ1) is 13.1. The van der Waals surface area contributed by atoms with E-state index in [2.05, 4.69) is 10.5 Å². The molecule has 1 N–H and O–H groups in total. The van der Waals surface area contributed by atoms with Crippen molar-refractivity contribution in [3.63, 3.8) is 0 Å². The van der Waals surface area contributed by atoms with Gasteiger partial charge in [-0.2, -0.15) is 5.10 Å². The first-order valence-electron chi connectivity index (χ1n) is 8.76. The molecule has 3 aromatic carbocycles. The molecule has 0 unspecified atom stereocenters. The van der Waals surface area contributed by atoms with Crippen molar-refractivity contribution >= 4 is 22.9 Å². The van der Waals surface area contributed by atoms with E-state index >= 15 is 0 Å². The lowest BCUT2D eigenvalue weighted by Gasteiger charge is -2.10. The largest absolute Gasteiger partial charge is 0.493 e. The van der Waals surface area contributed by atoms with E-state index in [0.29, 0.717) is 23.7 Å². The highest BCUT2D eigenvalue weighted by atomic mass is 16.5. The SMILES string of the molecule is CCOc1cc(/C=N\NC(=O)c2c(C)ccc3ccccc23)ccc1OC. The van der Waals surface area contributed by atoms with Gasteiger partial charge in [0.15, 0.2) is 11.5 Å². The summed E-state index contributed by atoms with van der Waals surface area (Å²) in [6.45, 7) is 4.36. The molecular formula is C22H22N2O3. The molecule has 3 rings (SSSR count). The van der Waals surface area contributed by atoms with Crippen molar-refractivity contribution in [2.24, 2.45) is 5.10 Å². The fourth-order valence-corrected chi connectivity index (χ4v) is 2.95. The number of rotatable bonds is 6. The van der Waals surface area contributed by atoms with Gasteiger partial charge in [-0.05, 0) is 53.9 Å². The number of fused-ring (bicyclic) bond motifs is 1. The maximum atomic E-state index is 12.7. The van der Waals surface area contributed by atoms with E-state index < -0.39 is 0 Å². The van der Waals surface area contributed by atoms with Gasteiger partial charge in [0.1, 0.15) is 0 Å². The zero-order chi connectivity index (χ0) is 19.2. The van der Waals surface area contributed by atoms with E-state index in [9.17, 15) is 4.79 Å². The molecule has 0 saturated heterocycles. The molecule has 0 aliphatic carbocycles. The van der Waals surface area contributed by atoms with Gasteiger partial charge in [-0.25, -0.2) is 5.43 Å². The molecule has 0 saturated carbocycles. The van der Waals surface area contributed by atoms with E-state index in [1.54, 1.807) is 13.3 Å². The Balaban J connectivity index is 1.80. The molecule has 0 aliphatic heterocycles. The average molecular weight is 362 g/mol. The zero-order valence-electron chi connectivity index (χ0n) is 15.7. The number of ether oxygens (including phenoxy) is 2. The lowest BCUT2D eigenvalue weighted by atomic mass is 9.99. The quantitative estimate of drug-likeness (QED) is 0.525. The Morgan fingerprint density at radius 3 is 2.70 bits per heavy atom. The van der Waals surface area contributed by atoms with Crippen LogP contribution in [0.5, 0.6) is 11.5 Å². The molecular weight excluding hydrogens is 340 g/mol. The summed E-state index contributed by atoms with van der Waals surface area (Å²) >= 11 is 0. The summed E-state index contributed by atoms with van der Waals surface area (Å²) < 4.78 is 10.8. The number of amides is 1. The van der Waals surface area contributed by atoms with Crippen LogP contribution in [0.15, 0.2) is 59.7 Å². The average Bonchev–Trinajstić information content (AvgIpc) is 2.68. The molecule has 1 amide bonds. The van der Waals surface area contributed by atoms with E-state index in [4.69, 9.17) is 9.47 Å². The van der Waals surface area contributed by atoms with Crippen molar-refractivity contribution in [2.75, 3.05) is 13.7 Å². The van der Waals surface area contributed by atoms with Gasteiger partial charge in [0, 0.05) is 0 Å². The Morgan fingerprint density at radius 2 is 1.93 bits per heavy atom. The highest BCUT2D eigenvalue weighted by Gasteiger charge is 2.12. The third-order valence-corrected chi connectivity index (χ3v) is 4.23. The summed E-state index contributed by atoms with van der Waals surface area (Å²) in [7, 11) is 1.60. The molecule has 0 atom stereocenters. The second kappa shape index (κ2) is 8.36. The normalized spacial score (nSPS) is 10.9. The van der Waals surface area contributed by atoms with E-state index in [0.717, 1.165) is 21.9 Å². The maximum absolute atomic E-state index is 12.7. The van der Waals surface area contributed by atoms with Crippen LogP contribution in [0.2, 0.25) is 0 Å². The summed E-state index contributed by atoms with van der Waals surface area (Å²) in [4.78, 5) is 12.7. The summed E-state index contributed by atoms with van der Waals surface area (Å²) in [5, 5.41) is 6.03. The number of nitrogens with zero attached hydrogens (tertiary/aromatic N) is 1. The molecule has 0 bridgehead atoms. The van der Waals surface area contributed by atoms with Crippen LogP contribution in [-0.4, -0.2) is 25.8 Å². The third kappa shape index (κ3) is 4.08. The van der Waals surface area contributed by atoms with Gasteiger partial charge in [-0.1, -0.05) is 36.4 Å². The van der Waals surface area contributed by atoms with Crippen LogP contribution < -0.4 is 14.9 Å². The number of carbonyl (C=O) groups excluding carboxylic acids is 1. The van der Waals surface area contributed by atoms with Crippen molar-refractivity contribution in [2.45, 2.75) is 13.8 Å². The molecule has 138 valence electrons.